The highest BCUT2D eigenvalue weighted by Crippen LogP contribution is 2.25. The molecule has 0 bridgehead atoms. The van der Waals surface area contributed by atoms with Crippen LogP contribution in [-0.4, -0.2) is 22.8 Å². The number of carbonyl (C=O) groups excluding carboxylic acids is 2. The highest BCUT2D eigenvalue weighted by Gasteiger charge is 2.22. The Morgan fingerprint density at radius 2 is 2.05 bits per heavy atom. The van der Waals surface area contributed by atoms with E-state index in [1.54, 1.807) is 0 Å². The van der Waals surface area contributed by atoms with Crippen molar-refractivity contribution in [1.29, 1.82) is 0 Å². The number of nitrogens with one attached hydrogen (secondary N) is 1. The molecule has 114 valence electrons. The van der Waals surface area contributed by atoms with E-state index in [0.29, 0.717) is 6.42 Å². The smallest absolute Gasteiger partial charge is 0.284 e. The van der Waals surface area contributed by atoms with Gasteiger partial charge in [0.1, 0.15) is 6.04 Å². The van der Waals surface area contributed by atoms with Gasteiger partial charge in [0.2, 0.25) is 5.91 Å². The first kappa shape index (κ1) is 17.1. The van der Waals surface area contributed by atoms with Gasteiger partial charge in [0.25, 0.3) is 11.6 Å². The lowest BCUT2D eigenvalue weighted by Gasteiger charge is -2.17. The van der Waals surface area contributed by atoms with Crippen LogP contribution >= 0.6 is 15.9 Å². The van der Waals surface area contributed by atoms with Crippen LogP contribution < -0.4 is 11.1 Å². The number of primary amides is 1. The molecule has 0 saturated heterocycles. The lowest BCUT2D eigenvalue weighted by atomic mass is 10.0. The average molecular weight is 358 g/mol. The number of rotatable bonds is 6. The summed E-state index contributed by atoms with van der Waals surface area (Å²) in [5.74, 6) is -1.04. The van der Waals surface area contributed by atoms with E-state index >= 15 is 0 Å². The number of benzene rings is 1. The number of nitrogens with two attached hydrogens (primary N) is 1. The van der Waals surface area contributed by atoms with Gasteiger partial charge in [0.05, 0.1) is 9.40 Å². The summed E-state index contributed by atoms with van der Waals surface area (Å²) in [6, 6.07) is 3.18. The molecule has 2 amide bonds. The number of hydrogen-bond donors (Lipinski definition) is 2. The molecule has 0 aromatic heterocycles. The van der Waals surface area contributed by atoms with E-state index in [0.717, 1.165) is 6.07 Å². The molecule has 1 rings (SSSR count). The van der Waals surface area contributed by atoms with Crippen LogP contribution in [0.1, 0.15) is 30.6 Å². The lowest BCUT2D eigenvalue weighted by Crippen LogP contribution is -2.45. The summed E-state index contributed by atoms with van der Waals surface area (Å²) in [7, 11) is 0. The molecule has 0 aliphatic heterocycles. The number of carbonyl (C=O) groups is 2. The van der Waals surface area contributed by atoms with Crippen LogP contribution in [0.2, 0.25) is 0 Å². The minimum absolute atomic E-state index is 0.0971. The van der Waals surface area contributed by atoms with E-state index in [-0.39, 0.29) is 21.6 Å². The summed E-state index contributed by atoms with van der Waals surface area (Å²) in [6.45, 7) is 3.79. The van der Waals surface area contributed by atoms with Gasteiger partial charge in [-0.2, -0.15) is 0 Å². The second-order valence-corrected chi connectivity index (χ2v) is 5.84. The molecule has 3 N–H and O–H groups in total. The quantitative estimate of drug-likeness (QED) is 0.598. The molecule has 1 aromatic rings. The number of amides is 2. The first-order chi connectivity index (χ1) is 9.72. The van der Waals surface area contributed by atoms with Crippen molar-refractivity contribution in [2.24, 2.45) is 11.7 Å². The molecule has 0 saturated carbocycles. The summed E-state index contributed by atoms with van der Waals surface area (Å²) >= 11 is 3.04. The standard InChI is InChI=1S/C13H16BrN3O4/c1-7(2)5-10(12(15)18)16-13(19)8-3-4-9(14)11(6-8)17(20)21/h3-4,6-7,10H,5H2,1-2H3,(H2,15,18)(H,16,19). The minimum Gasteiger partial charge on any atom is -0.368 e. The zero-order valence-corrected chi connectivity index (χ0v) is 13.2. The normalized spacial score (nSPS) is 12.0. The van der Waals surface area contributed by atoms with Crippen molar-refractivity contribution in [3.8, 4) is 0 Å². The van der Waals surface area contributed by atoms with Gasteiger partial charge in [0, 0.05) is 11.6 Å². The Morgan fingerprint density at radius 1 is 1.43 bits per heavy atom. The van der Waals surface area contributed by atoms with Gasteiger partial charge in [-0.1, -0.05) is 13.8 Å². The summed E-state index contributed by atoms with van der Waals surface area (Å²) in [5.41, 5.74) is 5.12. The van der Waals surface area contributed by atoms with E-state index in [2.05, 4.69) is 21.2 Å². The van der Waals surface area contributed by atoms with Crippen molar-refractivity contribution in [2.45, 2.75) is 26.3 Å². The number of nitro groups is 1. The van der Waals surface area contributed by atoms with Crippen LogP contribution in [0.3, 0.4) is 0 Å². The van der Waals surface area contributed by atoms with E-state index in [1.807, 2.05) is 13.8 Å². The Hall–Kier alpha value is -1.96. The van der Waals surface area contributed by atoms with Crippen LogP contribution in [0.15, 0.2) is 22.7 Å². The fourth-order valence-electron chi connectivity index (χ4n) is 1.75. The van der Waals surface area contributed by atoms with Crippen molar-refractivity contribution in [3.05, 3.63) is 38.3 Å². The van der Waals surface area contributed by atoms with Crippen molar-refractivity contribution in [3.63, 3.8) is 0 Å². The van der Waals surface area contributed by atoms with Gasteiger partial charge in [-0.15, -0.1) is 0 Å². The fourth-order valence-corrected chi connectivity index (χ4v) is 2.14. The topological polar surface area (TPSA) is 115 Å². The summed E-state index contributed by atoms with van der Waals surface area (Å²) in [4.78, 5) is 33.6. The maximum absolute atomic E-state index is 12.1. The second-order valence-electron chi connectivity index (χ2n) is 4.98. The van der Waals surface area contributed by atoms with Crippen LogP contribution in [0.5, 0.6) is 0 Å². The van der Waals surface area contributed by atoms with E-state index in [1.165, 1.54) is 12.1 Å². The third-order valence-electron chi connectivity index (χ3n) is 2.76. The molecule has 21 heavy (non-hydrogen) atoms. The first-order valence-corrected chi connectivity index (χ1v) is 7.05. The molecule has 0 heterocycles. The predicted molar refractivity (Wildman–Crippen MR) is 80.7 cm³/mol. The second kappa shape index (κ2) is 7.16. The molecule has 7 nitrogen and oxygen atoms in total. The zero-order chi connectivity index (χ0) is 16.2. The highest BCUT2D eigenvalue weighted by atomic mass is 79.9. The Bertz CT molecular complexity index is 575. The van der Waals surface area contributed by atoms with Crippen molar-refractivity contribution < 1.29 is 14.5 Å². The average Bonchev–Trinajstić information content (AvgIpc) is 2.37. The largest absolute Gasteiger partial charge is 0.368 e. The molecular weight excluding hydrogens is 342 g/mol. The summed E-state index contributed by atoms with van der Waals surface area (Å²) < 4.78 is 0.276. The highest BCUT2D eigenvalue weighted by molar-refractivity contribution is 9.10. The maximum Gasteiger partial charge on any atom is 0.284 e. The Balaban J connectivity index is 2.95. The third kappa shape index (κ3) is 4.82. The molecule has 1 aromatic carbocycles. The van der Waals surface area contributed by atoms with Gasteiger partial charge in [-0.3, -0.25) is 19.7 Å². The van der Waals surface area contributed by atoms with Gasteiger partial charge >= 0.3 is 0 Å². The number of hydrogen-bond acceptors (Lipinski definition) is 4. The van der Waals surface area contributed by atoms with E-state index in [4.69, 9.17) is 5.73 Å². The molecule has 8 heteroatoms. The van der Waals surface area contributed by atoms with Crippen LogP contribution in [-0.2, 0) is 4.79 Å². The first-order valence-electron chi connectivity index (χ1n) is 6.26. The summed E-state index contributed by atoms with van der Waals surface area (Å²) in [6.07, 6.45) is 0.402. The molecule has 0 radical (unpaired) electrons. The van der Waals surface area contributed by atoms with Crippen molar-refractivity contribution >= 4 is 33.4 Å². The van der Waals surface area contributed by atoms with Gasteiger partial charge in [0.15, 0.2) is 0 Å². The molecule has 1 unspecified atom stereocenters. The molecule has 0 aliphatic rings. The molecule has 1 atom stereocenters. The van der Waals surface area contributed by atoms with Crippen LogP contribution in [0.25, 0.3) is 0 Å². The number of nitrogens with zero attached hydrogens (tertiary/aromatic N) is 1. The SMILES string of the molecule is CC(C)CC(NC(=O)c1ccc(Br)c([N+](=O)[O-])c1)C(N)=O. The van der Waals surface area contributed by atoms with Crippen LogP contribution in [0.4, 0.5) is 5.69 Å². The van der Waals surface area contributed by atoms with E-state index < -0.39 is 22.8 Å². The Kier molecular flexibility index (Phi) is 5.83. The van der Waals surface area contributed by atoms with Crippen molar-refractivity contribution in [1.82, 2.24) is 5.32 Å². The van der Waals surface area contributed by atoms with E-state index in [9.17, 15) is 19.7 Å². The number of halogens is 1. The molecular formula is C13H16BrN3O4. The van der Waals surface area contributed by atoms with Crippen molar-refractivity contribution in [2.75, 3.05) is 0 Å². The summed E-state index contributed by atoms with van der Waals surface area (Å²) in [5, 5.41) is 13.3. The Morgan fingerprint density at radius 3 is 2.52 bits per heavy atom. The predicted octanol–water partition coefficient (Wildman–Crippen LogP) is 1.99. The van der Waals surface area contributed by atoms with Gasteiger partial charge in [-0.05, 0) is 40.4 Å². The molecule has 0 aliphatic carbocycles. The molecule has 0 fully saturated rings. The monoisotopic (exact) mass is 357 g/mol. The maximum atomic E-state index is 12.1. The lowest BCUT2D eigenvalue weighted by molar-refractivity contribution is -0.385. The number of nitro benzene ring substituents is 1. The fraction of sp³-hybridized carbons (Fsp3) is 0.385. The third-order valence-corrected chi connectivity index (χ3v) is 3.43. The van der Waals surface area contributed by atoms with Gasteiger partial charge in [-0.25, -0.2) is 0 Å². The minimum atomic E-state index is -0.805. The zero-order valence-electron chi connectivity index (χ0n) is 11.6. The van der Waals surface area contributed by atoms with Gasteiger partial charge < -0.3 is 11.1 Å². The molecule has 0 spiro atoms. The van der Waals surface area contributed by atoms with Crippen LogP contribution in [0, 0.1) is 16.0 Å². The Labute approximate surface area is 130 Å².